The van der Waals surface area contributed by atoms with Crippen LogP contribution in [0.2, 0.25) is 0 Å². The van der Waals surface area contributed by atoms with Crippen molar-refractivity contribution >= 4 is 11.9 Å². The van der Waals surface area contributed by atoms with Gasteiger partial charge in [-0.15, -0.1) is 0 Å². The Bertz CT molecular complexity index is 770. The molecule has 4 aliphatic rings. The Labute approximate surface area is 157 Å². The van der Waals surface area contributed by atoms with Crippen LogP contribution in [-0.2, 0) is 25.5 Å². The van der Waals surface area contributed by atoms with Crippen molar-refractivity contribution < 1.29 is 23.8 Å². The summed E-state index contributed by atoms with van der Waals surface area (Å²) in [5.41, 5.74) is 0.908. The molecule has 4 heterocycles. The second kappa shape index (κ2) is 6.00. The molecule has 8 heteroatoms. The Kier molecular flexibility index (Phi) is 3.80. The zero-order chi connectivity index (χ0) is 18.8. The standard InChI is InChI=1S/C19H23N3O5/c1-19(2)26-15-12-9-20-13-8-14(23)21(10-11-6-4-3-5-7-11)18(24)22(13)17(25-12)16(15)27-19/h3-7,12-13,15-17,20H,8-10H2,1-2H3. The molecule has 4 saturated heterocycles. The van der Waals surface area contributed by atoms with Gasteiger partial charge in [-0.25, -0.2) is 4.79 Å². The molecule has 144 valence electrons. The second-order valence-corrected chi connectivity index (χ2v) is 7.91. The van der Waals surface area contributed by atoms with Gasteiger partial charge in [0, 0.05) is 6.54 Å². The molecule has 8 nitrogen and oxygen atoms in total. The predicted molar refractivity (Wildman–Crippen MR) is 93.1 cm³/mol. The number of hydrogen-bond donors (Lipinski definition) is 1. The number of nitrogens with one attached hydrogen (secondary N) is 1. The van der Waals surface area contributed by atoms with Gasteiger partial charge in [0.1, 0.15) is 18.3 Å². The van der Waals surface area contributed by atoms with Gasteiger partial charge in [0.2, 0.25) is 5.91 Å². The van der Waals surface area contributed by atoms with E-state index in [1.807, 2.05) is 44.2 Å². The van der Waals surface area contributed by atoms with Crippen molar-refractivity contribution in [3.8, 4) is 0 Å². The zero-order valence-corrected chi connectivity index (χ0v) is 15.3. The van der Waals surface area contributed by atoms with Crippen molar-refractivity contribution in [2.75, 3.05) is 6.54 Å². The van der Waals surface area contributed by atoms with E-state index in [9.17, 15) is 9.59 Å². The Morgan fingerprint density at radius 1 is 1.15 bits per heavy atom. The number of urea groups is 1. The van der Waals surface area contributed by atoms with Crippen LogP contribution in [0.1, 0.15) is 25.8 Å². The molecule has 5 unspecified atom stereocenters. The molecule has 0 radical (unpaired) electrons. The number of fused-ring (bicyclic) bond motifs is 7. The Balaban J connectivity index is 1.44. The Morgan fingerprint density at radius 3 is 2.67 bits per heavy atom. The summed E-state index contributed by atoms with van der Waals surface area (Å²) in [6, 6.07) is 9.15. The number of benzene rings is 1. The summed E-state index contributed by atoms with van der Waals surface area (Å²) in [5.74, 6) is -0.899. The third-order valence-corrected chi connectivity index (χ3v) is 5.59. The summed E-state index contributed by atoms with van der Waals surface area (Å²) in [7, 11) is 0. The third-order valence-electron chi connectivity index (χ3n) is 5.59. The first-order valence-electron chi connectivity index (χ1n) is 9.34. The third kappa shape index (κ3) is 2.75. The van der Waals surface area contributed by atoms with Crippen LogP contribution in [0.15, 0.2) is 30.3 Å². The number of nitrogens with zero attached hydrogens (tertiary/aromatic N) is 2. The fraction of sp³-hybridized carbons (Fsp3) is 0.579. The number of hydrogen-bond acceptors (Lipinski definition) is 6. The van der Waals surface area contributed by atoms with E-state index in [1.54, 1.807) is 4.90 Å². The van der Waals surface area contributed by atoms with Crippen molar-refractivity contribution in [2.24, 2.45) is 0 Å². The monoisotopic (exact) mass is 373 g/mol. The molecule has 5 rings (SSSR count). The van der Waals surface area contributed by atoms with Gasteiger partial charge in [-0.2, -0.15) is 0 Å². The number of imide groups is 1. The minimum atomic E-state index is -0.714. The van der Waals surface area contributed by atoms with Crippen molar-refractivity contribution in [3.05, 3.63) is 35.9 Å². The van der Waals surface area contributed by atoms with E-state index in [1.165, 1.54) is 4.90 Å². The maximum Gasteiger partial charge on any atom is 0.330 e. The summed E-state index contributed by atoms with van der Waals surface area (Å²) >= 11 is 0. The maximum atomic E-state index is 13.3. The highest BCUT2D eigenvalue weighted by molar-refractivity contribution is 5.97. The molecule has 1 aromatic carbocycles. The molecule has 27 heavy (non-hydrogen) atoms. The van der Waals surface area contributed by atoms with Gasteiger partial charge >= 0.3 is 6.03 Å². The maximum absolute atomic E-state index is 13.3. The van der Waals surface area contributed by atoms with E-state index in [0.717, 1.165) is 5.56 Å². The molecule has 0 aliphatic carbocycles. The van der Waals surface area contributed by atoms with Gasteiger partial charge < -0.3 is 14.2 Å². The van der Waals surface area contributed by atoms with Crippen molar-refractivity contribution in [1.82, 2.24) is 15.1 Å². The van der Waals surface area contributed by atoms with Crippen LogP contribution in [0.25, 0.3) is 0 Å². The molecule has 2 bridgehead atoms. The fourth-order valence-corrected chi connectivity index (χ4v) is 4.43. The number of carbonyl (C=O) groups is 2. The first-order valence-corrected chi connectivity index (χ1v) is 9.34. The quantitative estimate of drug-likeness (QED) is 0.834. The molecule has 0 saturated carbocycles. The van der Waals surface area contributed by atoms with Gasteiger partial charge in [0.05, 0.1) is 19.1 Å². The van der Waals surface area contributed by atoms with Crippen LogP contribution >= 0.6 is 0 Å². The summed E-state index contributed by atoms with van der Waals surface area (Å²) in [5, 5.41) is 3.30. The van der Waals surface area contributed by atoms with E-state index in [0.29, 0.717) is 6.54 Å². The lowest BCUT2D eigenvalue weighted by Gasteiger charge is -2.43. The summed E-state index contributed by atoms with van der Waals surface area (Å²) in [4.78, 5) is 28.9. The van der Waals surface area contributed by atoms with Crippen molar-refractivity contribution in [3.63, 3.8) is 0 Å². The summed E-state index contributed by atoms with van der Waals surface area (Å²) in [6.07, 6.45) is -1.54. The first-order chi connectivity index (χ1) is 12.9. The lowest BCUT2D eigenvalue weighted by molar-refractivity contribution is -0.200. The van der Waals surface area contributed by atoms with E-state index in [2.05, 4.69) is 5.32 Å². The molecular formula is C19H23N3O5. The molecule has 4 fully saturated rings. The largest absolute Gasteiger partial charge is 0.348 e. The van der Waals surface area contributed by atoms with E-state index in [-0.39, 0.29) is 49.4 Å². The molecule has 4 aliphatic heterocycles. The van der Waals surface area contributed by atoms with Crippen LogP contribution in [-0.4, -0.2) is 64.8 Å². The number of rotatable bonds is 2. The number of carbonyl (C=O) groups excluding carboxylic acids is 2. The highest BCUT2D eigenvalue weighted by Gasteiger charge is 2.61. The van der Waals surface area contributed by atoms with Crippen LogP contribution in [0.4, 0.5) is 4.79 Å². The molecule has 0 aromatic heterocycles. The minimum absolute atomic E-state index is 0.184. The Morgan fingerprint density at radius 2 is 1.89 bits per heavy atom. The van der Waals surface area contributed by atoms with E-state index >= 15 is 0 Å². The second-order valence-electron chi connectivity index (χ2n) is 7.91. The molecule has 1 aromatic rings. The summed E-state index contributed by atoms with van der Waals surface area (Å²) in [6.45, 7) is 4.49. The lowest BCUT2D eigenvalue weighted by Crippen LogP contribution is -2.65. The highest BCUT2D eigenvalue weighted by Crippen LogP contribution is 2.42. The van der Waals surface area contributed by atoms with Gasteiger partial charge in [-0.3, -0.25) is 19.9 Å². The first kappa shape index (κ1) is 17.1. The zero-order valence-electron chi connectivity index (χ0n) is 15.3. The van der Waals surface area contributed by atoms with Gasteiger partial charge in [-0.05, 0) is 19.4 Å². The van der Waals surface area contributed by atoms with Crippen LogP contribution in [0, 0.1) is 0 Å². The van der Waals surface area contributed by atoms with Gasteiger partial charge in [0.15, 0.2) is 12.0 Å². The highest BCUT2D eigenvalue weighted by atomic mass is 16.8. The predicted octanol–water partition coefficient (Wildman–Crippen LogP) is 1.02. The van der Waals surface area contributed by atoms with Gasteiger partial charge in [0.25, 0.3) is 0 Å². The SMILES string of the molecule is CC1(C)OC2C3CNC4CC(=O)N(Cc5ccccc5)C(=O)N4C(O3)C2O1. The van der Waals surface area contributed by atoms with Crippen LogP contribution in [0.3, 0.4) is 0 Å². The average molecular weight is 373 g/mol. The van der Waals surface area contributed by atoms with Crippen LogP contribution < -0.4 is 5.32 Å². The molecule has 3 amide bonds. The van der Waals surface area contributed by atoms with E-state index < -0.39 is 12.0 Å². The van der Waals surface area contributed by atoms with Crippen LogP contribution in [0.5, 0.6) is 0 Å². The van der Waals surface area contributed by atoms with Gasteiger partial charge in [-0.1, -0.05) is 30.3 Å². The number of ether oxygens (including phenoxy) is 3. The fourth-order valence-electron chi connectivity index (χ4n) is 4.43. The summed E-state index contributed by atoms with van der Waals surface area (Å²) < 4.78 is 18.2. The van der Waals surface area contributed by atoms with Crippen molar-refractivity contribution in [2.45, 2.75) is 63.3 Å². The molecular weight excluding hydrogens is 350 g/mol. The number of amides is 3. The smallest absolute Gasteiger partial charge is 0.330 e. The molecule has 5 atom stereocenters. The topological polar surface area (TPSA) is 80.3 Å². The van der Waals surface area contributed by atoms with E-state index in [4.69, 9.17) is 14.2 Å². The molecule has 1 N–H and O–H groups in total. The minimum Gasteiger partial charge on any atom is -0.348 e. The molecule has 0 spiro atoms. The average Bonchev–Trinajstić information content (AvgIpc) is 3.02. The normalized spacial score (nSPS) is 37.2. The van der Waals surface area contributed by atoms with Crippen molar-refractivity contribution in [1.29, 1.82) is 0 Å². The Hall–Kier alpha value is -2.00. The lowest BCUT2D eigenvalue weighted by atomic mass is 10.1.